The van der Waals surface area contributed by atoms with Crippen molar-refractivity contribution in [3.63, 3.8) is 0 Å². The van der Waals surface area contributed by atoms with Gasteiger partial charge in [-0.25, -0.2) is 13.2 Å². The molecule has 1 aliphatic rings. The third-order valence-corrected chi connectivity index (χ3v) is 6.60. The van der Waals surface area contributed by atoms with Gasteiger partial charge in [0.15, 0.2) is 0 Å². The molecule has 1 aromatic rings. The van der Waals surface area contributed by atoms with E-state index in [1.807, 2.05) is 0 Å². The lowest BCUT2D eigenvalue weighted by atomic mass is 10.2. The summed E-state index contributed by atoms with van der Waals surface area (Å²) in [6.07, 6.45) is -0.365. The van der Waals surface area contributed by atoms with Gasteiger partial charge in [0, 0.05) is 44.8 Å². The van der Waals surface area contributed by atoms with E-state index in [0.717, 1.165) is 0 Å². The number of hydrogen-bond acceptors (Lipinski definition) is 5. The molecule has 1 aromatic carbocycles. The summed E-state index contributed by atoms with van der Waals surface area (Å²) in [6.45, 7) is 8.09. The molecule has 0 aliphatic carbocycles. The van der Waals surface area contributed by atoms with E-state index in [9.17, 15) is 18.0 Å². The lowest BCUT2D eigenvalue weighted by Crippen LogP contribution is -2.50. The first-order chi connectivity index (χ1) is 12.8. The molecule has 9 heteroatoms. The maximum Gasteiger partial charge on any atom is 0.409 e. The minimum Gasteiger partial charge on any atom is -0.450 e. The van der Waals surface area contributed by atoms with Crippen molar-refractivity contribution in [2.24, 2.45) is 0 Å². The number of sulfonamides is 1. The molecule has 0 bridgehead atoms. The first kappa shape index (κ1) is 21.2. The summed E-state index contributed by atoms with van der Waals surface area (Å²) in [5, 5.41) is 0. The first-order valence-electron chi connectivity index (χ1n) is 9.16. The minimum absolute atomic E-state index is 0.176. The standard InChI is InChI=1S/C18H27N3O5S/c1-4-21(5-2)27(24,25)16-9-7-15(8-10-16)17(22)19-11-13-20(14-12-19)18(23)26-6-3/h7-10H,4-6,11-14H2,1-3H3. The lowest BCUT2D eigenvalue weighted by Gasteiger charge is -2.34. The van der Waals surface area contributed by atoms with E-state index in [1.54, 1.807) is 30.6 Å². The predicted molar refractivity (Wildman–Crippen MR) is 101 cm³/mol. The van der Waals surface area contributed by atoms with Crippen LogP contribution in [-0.4, -0.2) is 80.4 Å². The third-order valence-electron chi connectivity index (χ3n) is 4.54. The summed E-state index contributed by atoms with van der Waals surface area (Å²) in [4.78, 5) is 27.8. The zero-order chi connectivity index (χ0) is 20.0. The molecule has 1 fully saturated rings. The molecule has 0 atom stereocenters. The van der Waals surface area contributed by atoms with Crippen LogP contribution in [0.5, 0.6) is 0 Å². The second-order valence-electron chi connectivity index (χ2n) is 6.09. The molecule has 0 radical (unpaired) electrons. The molecule has 2 amide bonds. The van der Waals surface area contributed by atoms with Crippen LogP contribution >= 0.6 is 0 Å². The van der Waals surface area contributed by atoms with Crippen molar-refractivity contribution in [1.82, 2.24) is 14.1 Å². The van der Waals surface area contributed by atoms with Crippen LogP contribution in [0.3, 0.4) is 0 Å². The molecule has 1 saturated heterocycles. The van der Waals surface area contributed by atoms with E-state index in [2.05, 4.69) is 0 Å². The lowest BCUT2D eigenvalue weighted by molar-refractivity contribution is 0.0570. The van der Waals surface area contributed by atoms with Gasteiger partial charge < -0.3 is 14.5 Å². The largest absolute Gasteiger partial charge is 0.450 e. The van der Waals surface area contributed by atoms with Gasteiger partial charge in [0.25, 0.3) is 5.91 Å². The molecule has 1 aliphatic heterocycles. The average molecular weight is 397 g/mol. The Bertz CT molecular complexity index is 752. The van der Waals surface area contributed by atoms with Crippen LogP contribution in [-0.2, 0) is 14.8 Å². The highest BCUT2D eigenvalue weighted by Gasteiger charge is 2.26. The number of carbonyl (C=O) groups is 2. The molecule has 0 spiro atoms. The zero-order valence-corrected chi connectivity index (χ0v) is 16.9. The predicted octanol–water partition coefficient (Wildman–Crippen LogP) is 1.63. The number of amides is 2. The molecule has 150 valence electrons. The summed E-state index contributed by atoms with van der Waals surface area (Å²) in [5.74, 6) is -0.176. The normalized spacial score (nSPS) is 15.1. The van der Waals surface area contributed by atoms with Gasteiger partial charge in [-0.15, -0.1) is 0 Å². The Hall–Kier alpha value is -2.13. The van der Waals surface area contributed by atoms with Crippen molar-refractivity contribution in [1.29, 1.82) is 0 Å². The van der Waals surface area contributed by atoms with Crippen LogP contribution in [0.1, 0.15) is 31.1 Å². The van der Waals surface area contributed by atoms with Crippen LogP contribution in [0.4, 0.5) is 4.79 Å². The zero-order valence-electron chi connectivity index (χ0n) is 16.1. The van der Waals surface area contributed by atoms with Crippen molar-refractivity contribution >= 4 is 22.0 Å². The van der Waals surface area contributed by atoms with Gasteiger partial charge in [0.1, 0.15) is 0 Å². The van der Waals surface area contributed by atoms with Gasteiger partial charge in [-0.3, -0.25) is 4.79 Å². The maximum absolute atomic E-state index is 12.6. The smallest absolute Gasteiger partial charge is 0.409 e. The van der Waals surface area contributed by atoms with E-state index in [-0.39, 0.29) is 16.9 Å². The van der Waals surface area contributed by atoms with Crippen molar-refractivity contribution in [2.75, 3.05) is 45.9 Å². The average Bonchev–Trinajstić information content (AvgIpc) is 2.68. The van der Waals surface area contributed by atoms with Crippen LogP contribution in [0.25, 0.3) is 0 Å². The summed E-state index contributed by atoms with van der Waals surface area (Å²) in [6, 6.07) is 6.01. The molecule has 8 nitrogen and oxygen atoms in total. The van der Waals surface area contributed by atoms with E-state index < -0.39 is 10.0 Å². The van der Waals surface area contributed by atoms with Gasteiger partial charge in [-0.1, -0.05) is 13.8 Å². The molecule has 27 heavy (non-hydrogen) atoms. The molecule has 2 rings (SSSR count). The van der Waals surface area contributed by atoms with Crippen molar-refractivity contribution in [2.45, 2.75) is 25.7 Å². The van der Waals surface area contributed by atoms with Crippen molar-refractivity contribution in [3.8, 4) is 0 Å². The summed E-state index contributed by atoms with van der Waals surface area (Å²) >= 11 is 0. The Morgan fingerprint density at radius 2 is 1.48 bits per heavy atom. The Kier molecular flexibility index (Phi) is 7.20. The molecular weight excluding hydrogens is 370 g/mol. The van der Waals surface area contributed by atoms with E-state index >= 15 is 0 Å². The number of ether oxygens (including phenoxy) is 1. The first-order valence-corrected chi connectivity index (χ1v) is 10.6. The number of piperazine rings is 1. The third kappa shape index (κ3) is 4.78. The fraction of sp³-hybridized carbons (Fsp3) is 0.556. The molecular formula is C18H27N3O5S. The molecule has 0 N–H and O–H groups in total. The molecule has 0 saturated carbocycles. The van der Waals surface area contributed by atoms with Gasteiger partial charge in [-0.2, -0.15) is 4.31 Å². The fourth-order valence-electron chi connectivity index (χ4n) is 2.97. The van der Waals surface area contributed by atoms with E-state index in [4.69, 9.17) is 4.74 Å². The number of nitrogens with zero attached hydrogens (tertiary/aromatic N) is 3. The highest BCUT2D eigenvalue weighted by molar-refractivity contribution is 7.89. The second kappa shape index (κ2) is 9.18. The summed E-state index contributed by atoms with van der Waals surface area (Å²) < 4.78 is 31.4. The number of rotatable bonds is 6. The Morgan fingerprint density at radius 1 is 0.963 bits per heavy atom. The van der Waals surface area contributed by atoms with Gasteiger partial charge in [0.2, 0.25) is 10.0 Å². The van der Waals surface area contributed by atoms with Crippen molar-refractivity contribution < 1.29 is 22.7 Å². The monoisotopic (exact) mass is 397 g/mol. The maximum atomic E-state index is 12.6. The summed E-state index contributed by atoms with van der Waals surface area (Å²) in [5.41, 5.74) is 0.429. The van der Waals surface area contributed by atoms with Crippen molar-refractivity contribution in [3.05, 3.63) is 29.8 Å². The van der Waals surface area contributed by atoms with Gasteiger partial charge in [0.05, 0.1) is 11.5 Å². The minimum atomic E-state index is -3.54. The van der Waals surface area contributed by atoms with Crippen LogP contribution in [0.15, 0.2) is 29.2 Å². The van der Waals surface area contributed by atoms with Gasteiger partial charge >= 0.3 is 6.09 Å². The fourth-order valence-corrected chi connectivity index (χ4v) is 4.43. The van der Waals surface area contributed by atoms with E-state index in [0.29, 0.717) is 51.4 Å². The Balaban J connectivity index is 2.03. The Morgan fingerprint density at radius 3 is 1.96 bits per heavy atom. The van der Waals surface area contributed by atoms with E-state index in [1.165, 1.54) is 28.6 Å². The number of benzene rings is 1. The topological polar surface area (TPSA) is 87.2 Å². The van der Waals surface area contributed by atoms with Crippen LogP contribution in [0, 0.1) is 0 Å². The summed E-state index contributed by atoms with van der Waals surface area (Å²) in [7, 11) is -3.54. The Labute approximate surface area is 160 Å². The quantitative estimate of drug-likeness (QED) is 0.728. The number of carbonyl (C=O) groups excluding carboxylic acids is 2. The van der Waals surface area contributed by atoms with Gasteiger partial charge in [-0.05, 0) is 31.2 Å². The van der Waals surface area contributed by atoms with Crippen LogP contribution < -0.4 is 0 Å². The molecule has 1 heterocycles. The number of hydrogen-bond donors (Lipinski definition) is 0. The highest BCUT2D eigenvalue weighted by atomic mass is 32.2. The molecule has 0 unspecified atom stereocenters. The van der Waals surface area contributed by atoms with Crippen LogP contribution in [0.2, 0.25) is 0 Å². The molecule has 0 aromatic heterocycles. The second-order valence-corrected chi connectivity index (χ2v) is 8.03. The SMILES string of the molecule is CCOC(=O)N1CCN(C(=O)c2ccc(S(=O)(=O)N(CC)CC)cc2)CC1. The highest BCUT2D eigenvalue weighted by Crippen LogP contribution is 2.17.